The van der Waals surface area contributed by atoms with E-state index in [1.165, 1.54) is 30.2 Å². The van der Waals surface area contributed by atoms with Crippen LogP contribution in [0.25, 0.3) is 0 Å². The van der Waals surface area contributed by atoms with Gasteiger partial charge in [-0.15, -0.1) is 0 Å². The molecule has 1 rings (SSSR count). The van der Waals surface area contributed by atoms with E-state index < -0.39 is 0 Å². The maximum atomic E-state index is 11.5. The van der Waals surface area contributed by atoms with Crippen molar-refractivity contribution in [1.82, 2.24) is 4.90 Å². The summed E-state index contributed by atoms with van der Waals surface area (Å²) in [4.78, 5) is 23.5. The van der Waals surface area contributed by atoms with Gasteiger partial charge in [0, 0.05) is 6.54 Å². The van der Waals surface area contributed by atoms with Crippen molar-refractivity contribution >= 4 is 12.3 Å². The quantitative estimate of drug-likeness (QED) is 0.525. The summed E-state index contributed by atoms with van der Waals surface area (Å²) in [7, 11) is 0. The first-order chi connectivity index (χ1) is 7.27. The molecule has 84 valence electrons. The van der Waals surface area contributed by atoms with Crippen LogP contribution in [0.15, 0.2) is 12.2 Å². The van der Waals surface area contributed by atoms with E-state index in [1.54, 1.807) is 13.0 Å². The minimum atomic E-state index is -0.196. The molecule has 0 aromatic carbocycles. The van der Waals surface area contributed by atoms with Gasteiger partial charge in [0.05, 0.1) is 0 Å². The van der Waals surface area contributed by atoms with E-state index in [2.05, 4.69) is 0 Å². The molecule has 0 radical (unpaired) electrons. The van der Waals surface area contributed by atoms with E-state index in [9.17, 15) is 9.59 Å². The second-order valence-corrected chi connectivity index (χ2v) is 4.10. The van der Waals surface area contributed by atoms with Crippen LogP contribution in [0.3, 0.4) is 0 Å². The number of carbonyl (C=O) groups is 2. The van der Waals surface area contributed by atoms with E-state index in [0.29, 0.717) is 18.9 Å². The van der Waals surface area contributed by atoms with Gasteiger partial charge >= 0.3 is 0 Å². The van der Waals surface area contributed by atoms with Crippen LogP contribution in [0, 0.1) is 5.92 Å². The fraction of sp³-hybridized carbons (Fsp3) is 0.667. The second kappa shape index (κ2) is 6.38. The highest BCUT2D eigenvalue weighted by molar-refractivity contribution is 5.94. The Morgan fingerprint density at radius 2 is 2.00 bits per heavy atom. The monoisotopic (exact) mass is 209 g/mol. The number of rotatable bonds is 4. The number of hydrogen-bond acceptors (Lipinski definition) is 2. The molecule has 2 amide bonds. The van der Waals surface area contributed by atoms with Crippen LogP contribution in [-0.2, 0) is 9.59 Å². The third kappa shape index (κ3) is 3.86. The Balaban J connectivity index is 2.44. The standard InChI is InChI=1S/C12H19NO2/c1-2-6-12(15)13(10-14)9-11-7-4-3-5-8-11/h2,6,10-11H,3-5,7-9H2,1H3/b6-2-. The molecule has 0 heterocycles. The van der Waals surface area contributed by atoms with Gasteiger partial charge in [-0.1, -0.05) is 25.3 Å². The Bertz CT molecular complexity index is 242. The average molecular weight is 209 g/mol. The molecule has 3 heteroatoms. The molecule has 0 N–H and O–H groups in total. The number of hydrogen-bond donors (Lipinski definition) is 0. The predicted octanol–water partition coefficient (Wildman–Crippen LogP) is 2.13. The Labute approximate surface area is 91.1 Å². The Morgan fingerprint density at radius 3 is 2.53 bits per heavy atom. The summed E-state index contributed by atoms with van der Waals surface area (Å²) in [6, 6.07) is 0. The van der Waals surface area contributed by atoms with E-state index >= 15 is 0 Å². The first-order valence-corrected chi connectivity index (χ1v) is 5.66. The van der Waals surface area contributed by atoms with E-state index in [4.69, 9.17) is 0 Å². The normalized spacial score (nSPS) is 17.9. The van der Waals surface area contributed by atoms with Gasteiger partial charge in [0.15, 0.2) is 0 Å². The molecular formula is C12H19NO2. The van der Waals surface area contributed by atoms with Crippen molar-refractivity contribution in [2.45, 2.75) is 39.0 Å². The van der Waals surface area contributed by atoms with E-state index in [0.717, 1.165) is 12.8 Å². The lowest BCUT2D eigenvalue weighted by Crippen LogP contribution is -2.33. The van der Waals surface area contributed by atoms with Gasteiger partial charge < -0.3 is 0 Å². The number of carbonyl (C=O) groups excluding carboxylic acids is 2. The zero-order valence-corrected chi connectivity index (χ0v) is 9.32. The van der Waals surface area contributed by atoms with Gasteiger partial charge in [0.1, 0.15) is 0 Å². The molecule has 1 aliphatic carbocycles. The lowest BCUT2D eigenvalue weighted by atomic mass is 9.89. The fourth-order valence-electron chi connectivity index (χ4n) is 2.07. The minimum absolute atomic E-state index is 0.196. The third-order valence-electron chi connectivity index (χ3n) is 2.90. The maximum absolute atomic E-state index is 11.5. The van der Waals surface area contributed by atoms with Crippen LogP contribution in [0.5, 0.6) is 0 Å². The molecule has 0 aromatic heterocycles. The summed E-state index contributed by atoms with van der Waals surface area (Å²) in [6.07, 6.45) is 9.81. The first kappa shape index (κ1) is 12.0. The van der Waals surface area contributed by atoms with Crippen molar-refractivity contribution in [3.63, 3.8) is 0 Å². The lowest BCUT2D eigenvalue weighted by molar-refractivity contribution is -0.135. The minimum Gasteiger partial charge on any atom is -0.281 e. The highest BCUT2D eigenvalue weighted by atomic mass is 16.2. The fourth-order valence-corrected chi connectivity index (χ4v) is 2.07. The molecule has 0 aliphatic heterocycles. The topological polar surface area (TPSA) is 37.4 Å². The Morgan fingerprint density at radius 1 is 1.33 bits per heavy atom. The van der Waals surface area contributed by atoms with Crippen LogP contribution >= 0.6 is 0 Å². The summed E-state index contributed by atoms with van der Waals surface area (Å²) in [5, 5.41) is 0. The van der Waals surface area contributed by atoms with Crippen molar-refractivity contribution in [3.05, 3.63) is 12.2 Å². The molecule has 0 bridgehead atoms. The van der Waals surface area contributed by atoms with Crippen molar-refractivity contribution in [1.29, 1.82) is 0 Å². The van der Waals surface area contributed by atoms with Gasteiger partial charge in [-0.05, 0) is 31.8 Å². The third-order valence-corrected chi connectivity index (χ3v) is 2.90. The van der Waals surface area contributed by atoms with Gasteiger partial charge in [-0.25, -0.2) is 0 Å². The first-order valence-electron chi connectivity index (χ1n) is 5.66. The molecule has 0 aromatic rings. The molecule has 0 unspecified atom stereocenters. The van der Waals surface area contributed by atoms with Crippen molar-refractivity contribution in [2.24, 2.45) is 5.92 Å². The van der Waals surface area contributed by atoms with Gasteiger partial charge in [-0.2, -0.15) is 0 Å². The number of allylic oxidation sites excluding steroid dienone is 1. The molecule has 1 fully saturated rings. The summed E-state index contributed by atoms with van der Waals surface area (Å²) < 4.78 is 0. The summed E-state index contributed by atoms with van der Waals surface area (Å²) in [5.41, 5.74) is 0. The smallest absolute Gasteiger partial charge is 0.252 e. The summed E-state index contributed by atoms with van der Waals surface area (Å²) >= 11 is 0. The largest absolute Gasteiger partial charge is 0.281 e. The zero-order chi connectivity index (χ0) is 11.1. The lowest BCUT2D eigenvalue weighted by Gasteiger charge is -2.25. The Kier molecular flexibility index (Phi) is 5.08. The van der Waals surface area contributed by atoms with Crippen LogP contribution in [0.1, 0.15) is 39.0 Å². The predicted molar refractivity (Wildman–Crippen MR) is 59.2 cm³/mol. The highest BCUT2D eigenvalue weighted by Gasteiger charge is 2.18. The van der Waals surface area contributed by atoms with Crippen LogP contribution in [0.2, 0.25) is 0 Å². The van der Waals surface area contributed by atoms with E-state index in [-0.39, 0.29) is 5.91 Å². The number of nitrogens with zero attached hydrogens (tertiary/aromatic N) is 1. The molecular weight excluding hydrogens is 190 g/mol. The zero-order valence-electron chi connectivity index (χ0n) is 9.32. The summed E-state index contributed by atoms with van der Waals surface area (Å²) in [6.45, 7) is 2.37. The Hall–Kier alpha value is -1.12. The molecule has 1 saturated carbocycles. The van der Waals surface area contributed by atoms with Crippen molar-refractivity contribution in [2.75, 3.05) is 6.54 Å². The average Bonchev–Trinajstić information content (AvgIpc) is 2.27. The van der Waals surface area contributed by atoms with Gasteiger partial charge in [0.2, 0.25) is 6.41 Å². The molecule has 1 aliphatic rings. The van der Waals surface area contributed by atoms with Crippen LogP contribution in [0.4, 0.5) is 0 Å². The van der Waals surface area contributed by atoms with Crippen LogP contribution < -0.4 is 0 Å². The van der Waals surface area contributed by atoms with Crippen molar-refractivity contribution in [3.8, 4) is 0 Å². The van der Waals surface area contributed by atoms with Crippen LogP contribution in [-0.4, -0.2) is 23.8 Å². The second-order valence-electron chi connectivity index (χ2n) is 4.10. The SMILES string of the molecule is C/C=C\C(=O)N(C=O)CC1CCCCC1. The molecule has 0 saturated heterocycles. The molecule has 15 heavy (non-hydrogen) atoms. The van der Waals surface area contributed by atoms with Gasteiger partial charge in [-0.3, -0.25) is 14.5 Å². The summed E-state index contributed by atoms with van der Waals surface area (Å²) in [5.74, 6) is 0.316. The molecule has 3 nitrogen and oxygen atoms in total. The van der Waals surface area contributed by atoms with Gasteiger partial charge in [0.25, 0.3) is 5.91 Å². The molecule has 0 atom stereocenters. The number of amides is 2. The number of imide groups is 1. The van der Waals surface area contributed by atoms with E-state index in [1.807, 2.05) is 0 Å². The van der Waals surface area contributed by atoms with Crippen molar-refractivity contribution < 1.29 is 9.59 Å². The maximum Gasteiger partial charge on any atom is 0.252 e. The highest BCUT2D eigenvalue weighted by Crippen LogP contribution is 2.24. The molecule has 0 spiro atoms.